The predicted molar refractivity (Wildman–Crippen MR) is 146 cm³/mol. The van der Waals surface area contributed by atoms with Crippen LogP contribution in [0.4, 0.5) is 0 Å². The molecule has 19 heteroatoms. The molecule has 0 aliphatic carbocycles. The third-order valence-corrected chi connectivity index (χ3v) is 5.78. The van der Waals surface area contributed by atoms with Gasteiger partial charge >= 0.3 is 11.9 Å². The van der Waals surface area contributed by atoms with Gasteiger partial charge in [-0.2, -0.15) is 0 Å². The molecule has 0 spiro atoms. The van der Waals surface area contributed by atoms with Gasteiger partial charge in [0.05, 0.1) is 13.1 Å². The van der Waals surface area contributed by atoms with Crippen molar-refractivity contribution in [3.8, 4) is 0 Å². The number of primary amides is 2. The maximum absolute atomic E-state index is 13.1. The summed E-state index contributed by atoms with van der Waals surface area (Å²) in [6, 6.07) is -5.57. The SMILES string of the molecule is CC(C)[C@H](NC(=O)[C@H](CCC(N)=O)NC(=O)[C@H](CCC(=O)O)NC(=O)CN)C(=O)NCC(=O)N[C@@H](CCC(N)=O)C(=O)O. The third kappa shape index (κ3) is 16.3. The van der Waals surface area contributed by atoms with Gasteiger partial charge in [0.25, 0.3) is 0 Å². The van der Waals surface area contributed by atoms with E-state index >= 15 is 0 Å². The van der Waals surface area contributed by atoms with E-state index in [1.807, 2.05) is 0 Å². The Morgan fingerprint density at radius 1 is 0.628 bits per heavy atom. The summed E-state index contributed by atoms with van der Waals surface area (Å²) in [6.07, 6.45) is -2.13. The van der Waals surface area contributed by atoms with Crippen LogP contribution in [0.2, 0.25) is 0 Å². The van der Waals surface area contributed by atoms with Gasteiger partial charge in [0.1, 0.15) is 24.2 Å². The molecule has 4 atom stereocenters. The van der Waals surface area contributed by atoms with E-state index in [4.69, 9.17) is 22.3 Å². The molecule has 43 heavy (non-hydrogen) atoms. The quantitative estimate of drug-likeness (QED) is 0.0580. The Hall–Kier alpha value is -4.81. The Kier molecular flexibility index (Phi) is 17.2. The number of rotatable bonds is 21. The first-order valence-electron chi connectivity index (χ1n) is 13.2. The van der Waals surface area contributed by atoms with Crippen LogP contribution in [-0.2, 0) is 43.2 Å². The third-order valence-electron chi connectivity index (χ3n) is 5.78. The minimum absolute atomic E-state index is 0.277. The zero-order chi connectivity index (χ0) is 33.3. The predicted octanol–water partition coefficient (Wildman–Crippen LogP) is -4.86. The molecule has 0 rings (SSSR count). The molecule has 13 N–H and O–H groups in total. The standard InChI is InChI=1S/C24H40N8O11/c1-11(2)20(23(41)28-10-18(36)30-14(24(42)43)4-7-16(27)34)32-22(40)13(3-6-15(26)33)31-21(39)12(5-8-19(37)38)29-17(35)9-25/h11-14,20H,3-10,25H2,1-2H3,(H2,26,33)(H2,27,34)(H,28,41)(H,29,35)(H,30,36)(H,31,39)(H,32,40)(H,37,38)(H,42,43)/t12-,13-,14-,20-/m0/s1. The lowest BCUT2D eigenvalue weighted by molar-refractivity contribution is -0.142. The van der Waals surface area contributed by atoms with Crippen molar-refractivity contribution < 1.29 is 53.4 Å². The van der Waals surface area contributed by atoms with Crippen LogP contribution in [0.3, 0.4) is 0 Å². The Balaban J connectivity index is 5.58. The Bertz CT molecular complexity index is 1070. The van der Waals surface area contributed by atoms with E-state index in [0.717, 1.165) is 0 Å². The topological polar surface area (TPSA) is 332 Å². The van der Waals surface area contributed by atoms with E-state index in [1.165, 1.54) is 0 Å². The van der Waals surface area contributed by atoms with Gasteiger partial charge in [0.2, 0.25) is 41.4 Å². The van der Waals surface area contributed by atoms with Gasteiger partial charge in [0, 0.05) is 19.3 Å². The van der Waals surface area contributed by atoms with Crippen LogP contribution >= 0.6 is 0 Å². The molecule has 242 valence electrons. The molecule has 0 aliphatic heterocycles. The molecule has 0 saturated heterocycles. The first-order chi connectivity index (χ1) is 20.0. The number of aliphatic carboxylic acids is 2. The second-order valence-corrected chi connectivity index (χ2v) is 9.73. The summed E-state index contributed by atoms with van der Waals surface area (Å²) in [4.78, 5) is 107. The first kappa shape index (κ1) is 38.2. The lowest BCUT2D eigenvalue weighted by Gasteiger charge is -2.26. The van der Waals surface area contributed by atoms with Gasteiger partial charge in [-0.3, -0.25) is 38.4 Å². The van der Waals surface area contributed by atoms with Crippen molar-refractivity contribution in [2.45, 2.75) is 76.5 Å². The Labute approximate surface area is 246 Å². The highest BCUT2D eigenvalue weighted by Crippen LogP contribution is 2.07. The second kappa shape index (κ2) is 19.3. The van der Waals surface area contributed by atoms with Crippen molar-refractivity contribution in [2.75, 3.05) is 13.1 Å². The van der Waals surface area contributed by atoms with E-state index in [-0.39, 0.29) is 32.1 Å². The summed E-state index contributed by atoms with van der Waals surface area (Å²) in [7, 11) is 0. The van der Waals surface area contributed by atoms with E-state index in [0.29, 0.717) is 0 Å². The zero-order valence-electron chi connectivity index (χ0n) is 23.8. The fourth-order valence-electron chi connectivity index (χ4n) is 3.47. The molecule has 0 radical (unpaired) electrons. The molecule has 0 aromatic heterocycles. The number of carboxylic acid groups (broad SMARTS) is 2. The van der Waals surface area contributed by atoms with Gasteiger partial charge in [-0.25, -0.2) is 4.79 Å². The summed E-state index contributed by atoms with van der Waals surface area (Å²) >= 11 is 0. The number of nitrogens with two attached hydrogens (primary N) is 3. The monoisotopic (exact) mass is 616 g/mol. The van der Waals surface area contributed by atoms with Crippen LogP contribution in [0.15, 0.2) is 0 Å². The number of hydrogen-bond donors (Lipinski definition) is 10. The summed E-state index contributed by atoms with van der Waals surface area (Å²) in [5.41, 5.74) is 15.4. The average molecular weight is 617 g/mol. The number of hydrogen-bond acceptors (Lipinski definition) is 10. The van der Waals surface area contributed by atoms with E-state index in [1.54, 1.807) is 13.8 Å². The minimum atomic E-state index is -1.46. The van der Waals surface area contributed by atoms with E-state index in [9.17, 15) is 48.3 Å². The average Bonchev–Trinajstić information content (AvgIpc) is 2.91. The molecule has 0 heterocycles. The highest BCUT2D eigenvalue weighted by Gasteiger charge is 2.31. The van der Waals surface area contributed by atoms with Gasteiger partial charge in [-0.1, -0.05) is 13.8 Å². The maximum Gasteiger partial charge on any atom is 0.326 e. The Morgan fingerprint density at radius 2 is 1.09 bits per heavy atom. The van der Waals surface area contributed by atoms with Crippen LogP contribution in [0, 0.1) is 5.92 Å². The normalized spacial score (nSPS) is 13.4. The number of carbonyl (C=O) groups is 9. The lowest BCUT2D eigenvalue weighted by Crippen LogP contribution is -2.58. The van der Waals surface area contributed by atoms with Crippen molar-refractivity contribution >= 4 is 53.3 Å². The van der Waals surface area contributed by atoms with Crippen molar-refractivity contribution in [3.05, 3.63) is 0 Å². The van der Waals surface area contributed by atoms with E-state index < -0.39 is 103 Å². The fourth-order valence-corrected chi connectivity index (χ4v) is 3.47. The summed E-state index contributed by atoms with van der Waals surface area (Å²) in [5, 5.41) is 29.5. The molecular formula is C24H40N8O11. The highest BCUT2D eigenvalue weighted by molar-refractivity contribution is 5.96. The van der Waals surface area contributed by atoms with Crippen LogP contribution < -0.4 is 43.8 Å². The molecule has 0 fully saturated rings. The number of nitrogens with one attached hydrogen (secondary N) is 5. The largest absolute Gasteiger partial charge is 0.481 e. The van der Waals surface area contributed by atoms with Crippen molar-refractivity contribution in [2.24, 2.45) is 23.1 Å². The molecular weight excluding hydrogens is 576 g/mol. The van der Waals surface area contributed by atoms with Crippen molar-refractivity contribution in [3.63, 3.8) is 0 Å². The van der Waals surface area contributed by atoms with Gasteiger partial charge in [-0.15, -0.1) is 0 Å². The van der Waals surface area contributed by atoms with E-state index in [2.05, 4.69) is 26.6 Å². The number of carboxylic acids is 2. The van der Waals surface area contributed by atoms with Gasteiger partial charge in [0.15, 0.2) is 0 Å². The second-order valence-electron chi connectivity index (χ2n) is 9.73. The molecule has 19 nitrogen and oxygen atoms in total. The van der Waals surface area contributed by atoms with Crippen LogP contribution in [0.1, 0.15) is 52.4 Å². The fraction of sp³-hybridized carbons (Fsp3) is 0.625. The molecule has 0 aliphatic rings. The summed E-state index contributed by atoms with van der Waals surface area (Å²) in [6.45, 7) is 1.91. The van der Waals surface area contributed by atoms with Crippen molar-refractivity contribution in [1.82, 2.24) is 26.6 Å². The molecule has 0 aromatic rings. The van der Waals surface area contributed by atoms with Crippen LogP contribution in [0.5, 0.6) is 0 Å². The highest BCUT2D eigenvalue weighted by atomic mass is 16.4. The summed E-state index contributed by atoms with van der Waals surface area (Å²) in [5.74, 6) is -9.27. The van der Waals surface area contributed by atoms with Gasteiger partial charge in [-0.05, 0) is 25.2 Å². The number of carbonyl (C=O) groups excluding carboxylic acids is 7. The lowest BCUT2D eigenvalue weighted by atomic mass is 10.0. The summed E-state index contributed by atoms with van der Waals surface area (Å²) < 4.78 is 0. The Morgan fingerprint density at radius 3 is 1.56 bits per heavy atom. The molecule has 0 bridgehead atoms. The first-order valence-corrected chi connectivity index (χ1v) is 13.2. The van der Waals surface area contributed by atoms with Gasteiger partial charge < -0.3 is 54.0 Å². The van der Waals surface area contributed by atoms with Crippen LogP contribution in [0.25, 0.3) is 0 Å². The number of amides is 7. The molecule has 7 amide bonds. The molecule has 0 aromatic carbocycles. The minimum Gasteiger partial charge on any atom is -0.481 e. The van der Waals surface area contributed by atoms with Crippen molar-refractivity contribution in [1.29, 1.82) is 0 Å². The maximum atomic E-state index is 13.1. The smallest absolute Gasteiger partial charge is 0.326 e. The molecule has 0 unspecified atom stereocenters. The molecule has 0 saturated carbocycles. The van der Waals surface area contributed by atoms with Crippen LogP contribution in [-0.4, -0.2) is 101 Å². The zero-order valence-corrected chi connectivity index (χ0v) is 23.8.